The van der Waals surface area contributed by atoms with Gasteiger partial charge in [0.1, 0.15) is 5.69 Å². The van der Waals surface area contributed by atoms with Gasteiger partial charge in [-0.25, -0.2) is 0 Å². The van der Waals surface area contributed by atoms with Gasteiger partial charge in [-0.2, -0.15) is 5.10 Å². The fraction of sp³-hybridized carbons (Fsp3) is 0.304. The Morgan fingerprint density at radius 2 is 2.06 bits per heavy atom. The van der Waals surface area contributed by atoms with Crippen LogP contribution in [0.1, 0.15) is 28.9 Å². The van der Waals surface area contributed by atoms with Crippen molar-refractivity contribution < 1.29 is 9.59 Å². The first kappa shape index (κ1) is 21.1. The van der Waals surface area contributed by atoms with E-state index < -0.39 is 0 Å². The van der Waals surface area contributed by atoms with Crippen LogP contribution in [0, 0.1) is 5.92 Å². The number of carbonyl (C=O) groups excluding carboxylic acids is 2. The van der Waals surface area contributed by atoms with Gasteiger partial charge in [-0.3, -0.25) is 19.7 Å². The summed E-state index contributed by atoms with van der Waals surface area (Å²) in [7, 11) is 0. The quantitative estimate of drug-likeness (QED) is 0.618. The average Bonchev–Trinajstić information content (AvgIpc) is 3.31. The van der Waals surface area contributed by atoms with Crippen LogP contribution in [-0.2, 0) is 11.2 Å². The van der Waals surface area contributed by atoms with Gasteiger partial charge in [0, 0.05) is 42.6 Å². The lowest BCUT2D eigenvalue weighted by Gasteiger charge is -2.31. The molecule has 7 nitrogen and oxygen atoms in total. The van der Waals surface area contributed by atoms with Gasteiger partial charge in [0.05, 0.1) is 11.6 Å². The summed E-state index contributed by atoms with van der Waals surface area (Å²) < 4.78 is 0. The van der Waals surface area contributed by atoms with Crippen molar-refractivity contribution in [3.05, 3.63) is 71.1 Å². The summed E-state index contributed by atoms with van der Waals surface area (Å²) >= 11 is 5.90. The first-order valence-electron chi connectivity index (χ1n) is 10.4. The summed E-state index contributed by atoms with van der Waals surface area (Å²) in [6.07, 6.45) is 5.71. The smallest absolute Gasteiger partial charge is 0.271 e. The number of likely N-dealkylation sites (tertiary alicyclic amines) is 1. The van der Waals surface area contributed by atoms with E-state index in [-0.39, 0.29) is 17.7 Å². The Labute approximate surface area is 185 Å². The lowest BCUT2D eigenvalue weighted by Crippen LogP contribution is -2.45. The van der Waals surface area contributed by atoms with Crippen LogP contribution in [0.25, 0.3) is 11.3 Å². The number of aromatic amines is 1. The van der Waals surface area contributed by atoms with E-state index in [0.717, 1.165) is 30.4 Å². The van der Waals surface area contributed by atoms with Gasteiger partial charge in [0.2, 0.25) is 5.91 Å². The number of pyridine rings is 1. The van der Waals surface area contributed by atoms with E-state index >= 15 is 0 Å². The number of piperidine rings is 1. The molecule has 1 aromatic carbocycles. The van der Waals surface area contributed by atoms with Crippen molar-refractivity contribution in [2.75, 3.05) is 19.6 Å². The SMILES string of the molecule is O=C(NCCc1ccc(Cl)cc1)[C@H]1CCCN(C(=O)c2cc(-c3cccnc3)n[nH]2)C1. The van der Waals surface area contributed by atoms with Crippen LogP contribution < -0.4 is 5.32 Å². The lowest BCUT2D eigenvalue weighted by atomic mass is 9.96. The number of halogens is 1. The number of aromatic nitrogens is 3. The van der Waals surface area contributed by atoms with Crippen LogP contribution in [-0.4, -0.2) is 51.5 Å². The number of H-pyrrole nitrogens is 1. The minimum absolute atomic E-state index is 0.00729. The Hall–Kier alpha value is -3.19. The highest BCUT2D eigenvalue weighted by atomic mass is 35.5. The number of carbonyl (C=O) groups is 2. The van der Waals surface area contributed by atoms with E-state index in [2.05, 4.69) is 20.5 Å². The molecule has 1 atom stereocenters. The van der Waals surface area contributed by atoms with Crippen molar-refractivity contribution in [1.82, 2.24) is 25.4 Å². The molecule has 1 saturated heterocycles. The molecule has 2 amide bonds. The predicted octanol–water partition coefficient (Wildman–Crippen LogP) is 3.34. The fourth-order valence-corrected chi connectivity index (χ4v) is 3.89. The van der Waals surface area contributed by atoms with E-state index in [9.17, 15) is 9.59 Å². The van der Waals surface area contributed by atoms with Crippen LogP contribution in [0.3, 0.4) is 0 Å². The van der Waals surface area contributed by atoms with Gasteiger partial charge < -0.3 is 10.2 Å². The van der Waals surface area contributed by atoms with Gasteiger partial charge in [-0.1, -0.05) is 23.7 Å². The summed E-state index contributed by atoms with van der Waals surface area (Å²) in [5, 5.41) is 10.8. The Bertz CT molecular complexity index is 1040. The van der Waals surface area contributed by atoms with E-state index in [1.165, 1.54) is 0 Å². The molecule has 0 bridgehead atoms. The Morgan fingerprint density at radius 3 is 2.84 bits per heavy atom. The largest absolute Gasteiger partial charge is 0.355 e. The van der Waals surface area contributed by atoms with Crippen LogP contribution in [0.4, 0.5) is 0 Å². The van der Waals surface area contributed by atoms with E-state index in [1.807, 2.05) is 36.4 Å². The number of rotatable bonds is 6. The maximum absolute atomic E-state index is 12.9. The van der Waals surface area contributed by atoms with E-state index in [0.29, 0.717) is 36.0 Å². The van der Waals surface area contributed by atoms with Gasteiger partial charge >= 0.3 is 0 Å². The molecule has 3 aromatic rings. The Morgan fingerprint density at radius 1 is 1.23 bits per heavy atom. The molecular weight excluding hydrogens is 414 g/mol. The third-order valence-corrected chi connectivity index (χ3v) is 5.72. The van der Waals surface area contributed by atoms with Crippen LogP contribution in [0.2, 0.25) is 5.02 Å². The van der Waals surface area contributed by atoms with Gasteiger partial charge in [0.25, 0.3) is 5.91 Å². The average molecular weight is 438 g/mol. The van der Waals surface area contributed by atoms with Crippen molar-refractivity contribution in [1.29, 1.82) is 0 Å². The molecule has 0 unspecified atom stereocenters. The molecule has 0 radical (unpaired) electrons. The molecule has 2 aromatic heterocycles. The van der Waals surface area contributed by atoms with Gasteiger partial charge in [0.15, 0.2) is 0 Å². The third-order valence-electron chi connectivity index (χ3n) is 5.47. The van der Waals surface area contributed by atoms with Crippen LogP contribution >= 0.6 is 11.6 Å². The van der Waals surface area contributed by atoms with Crippen molar-refractivity contribution in [3.63, 3.8) is 0 Å². The van der Waals surface area contributed by atoms with Crippen molar-refractivity contribution in [3.8, 4) is 11.3 Å². The summed E-state index contributed by atoms with van der Waals surface area (Å²) in [5.41, 5.74) is 3.05. The Balaban J connectivity index is 1.31. The van der Waals surface area contributed by atoms with E-state index in [4.69, 9.17) is 11.6 Å². The molecule has 0 aliphatic carbocycles. The number of hydrogen-bond donors (Lipinski definition) is 2. The fourth-order valence-electron chi connectivity index (χ4n) is 3.76. The Kier molecular flexibility index (Phi) is 6.62. The highest BCUT2D eigenvalue weighted by Crippen LogP contribution is 2.21. The van der Waals surface area contributed by atoms with Crippen molar-refractivity contribution >= 4 is 23.4 Å². The first-order chi connectivity index (χ1) is 15.1. The number of nitrogens with one attached hydrogen (secondary N) is 2. The number of nitrogens with zero attached hydrogens (tertiary/aromatic N) is 3. The lowest BCUT2D eigenvalue weighted by molar-refractivity contribution is -0.126. The molecular formula is C23H24ClN5O2. The zero-order valence-corrected chi connectivity index (χ0v) is 17.8. The molecule has 1 aliphatic rings. The maximum atomic E-state index is 12.9. The first-order valence-corrected chi connectivity index (χ1v) is 10.7. The van der Waals surface area contributed by atoms with Crippen LogP contribution in [0.5, 0.6) is 0 Å². The minimum atomic E-state index is -0.205. The second kappa shape index (κ2) is 9.75. The van der Waals surface area contributed by atoms with Crippen molar-refractivity contribution in [2.45, 2.75) is 19.3 Å². The van der Waals surface area contributed by atoms with E-state index in [1.54, 1.807) is 23.4 Å². The predicted molar refractivity (Wildman–Crippen MR) is 119 cm³/mol. The summed E-state index contributed by atoms with van der Waals surface area (Å²) in [6.45, 7) is 1.60. The molecule has 3 heterocycles. The normalized spacial score (nSPS) is 16.2. The molecule has 160 valence electrons. The maximum Gasteiger partial charge on any atom is 0.271 e. The third kappa shape index (κ3) is 5.30. The molecule has 1 aliphatic heterocycles. The molecule has 2 N–H and O–H groups in total. The van der Waals surface area contributed by atoms with Gasteiger partial charge in [-0.05, 0) is 55.2 Å². The molecule has 0 spiro atoms. The topological polar surface area (TPSA) is 91.0 Å². The number of amides is 2. The summed E-state index contributed by atoms with van der Waals surface area (Å²) in [6, 6.07) is 13.1. The minimum Gasteiger partial charge on any atom is -0.355 e. The molecule has 1 fully saturated rings. The molecule has 0 saturated carbocycles. The second-order valence-corrected chi connectivity index (χ2v) is 8.10. The number of hydrogen-bond acceptors (Lipinski definition) is 4. The standard InChI is InChI=1S/C23H24ClN5O2/c24-19-7-5-16(6-8-19)9-11-26-22(30)18-4-2-12-29(15-18)23(31)21-13-20(27-28-21)17-3-1-10-25-14-17/h1,3,5-8,10,13-14,18H,2,4,9,11-12,15H2,(H,26,30)(H,27,28)/t18-/m0/s1. The van der Waals surface area contributed by atoms with Gasteiger partial charge in [-0.15, -0.1) is 0 Å². The second-order valence-electron chi connectivity index (χ2n) is 7.67. The number of benzene rings is 1. The zero-order valence-electron chi connectivity index (χ0n) is 17.1. The highest BCUT2D eigenvalue weighted by Gasteiger charge is 2.29. The molecule has 31 heavy (non-hydrogen) atoms. The summed E-state index contributed by atoms with van der Waals surface area (Å²) in [4.78, 5) is 31.4. The zero-order chi connectivity index (χ0) is 21.6. The monoisotopic (exact) mass is 437 g/mol. The van der Waals surface area contributed by atoms with Crippen LogP contribution in [0.15, 0.2) is 54.9 Å². The molecule has 4 rings (SSSR count). The highest BCUT2D eigenvalue weighted by molar-refractivity contribution is 6.30. The van der Waals surface area contributed by atoms with Crippen molar-refractivity contribution in [2.24, 2.45) is 5.92 Å². The summed E-state index contributed by atoms with van der Waals surface area (Å²) in [5.74, 6) is -0.350. The molecule has 8 heteroatoms.